The molecule has 0 bridgehead atoms. The number of aryl methyl sites for hydroxylation is 1. The van der Waals surface area contributed by atoms with Crippen molar-refractivity contribution in [2.45, 2.75) is 24.9 Å². The lowest BCUT2D eigenvalue weighted by Gasteiger charge is -2.26. The summed E-state index contributed by atoms with van der Waals surface area (Å²) in [6.07, 6.45) is 1.57. The van der Waals surface area contributed by atoms with Crippen LogP contribution in [0, 0.1) is 6.92 Å². The van der Waals surface area contributed by atoms with Crippen LogP contribution in [0.2, 0.25) is 0 Å². The van der Waals surface area contributed by atoms with Gasteiger partial charge in [0.15, 0.2) is 0 Å². The van der Waals surface area contributed by atoms with E-state index in [9.17, 15) is 13.2 Å². The number of thiophene rings is 1. The Morgan fingerprint density at radius 1 is 1.10 bits per heavy atom. The van der Waals surface area contributed by atoms with E-state index in [2.05, 4.69) is 0 Å². The number of amides is 1. The van der Waals surface area contributed by atoms with Gasteiger partial charge >= 0.3 is 0 Å². The molecule has 9 heteroatoms. The second-order valence-electron chi connectivity index (χ2n) is 7.30. The van der Waals surface area contributed by atoms with Crippen molar-refractivity contribution in [3.8, 4) is 0 Å². The summed E-state index contributed by atoms with van der Waals surface area (Å²) in [5.41, 5.74) is 0.328. The maximum atomic E-state index is 13.4. The molecule has 1 fully saturated rings. The van der Waals surface area contributed by atoms with Crippen LogP contribution in [-0.4, -0.2) is 49.8 Å². The number of hydrogen-bond donors (Lipinski definition) is 0. The highest BCUT2D eigenvalue weighted by atomic mass is 32.2. The van der Waals surface area contributed by atoms with Crippen LogP contribution in [0.15, 0.2) is 64.1 Å². The number of hydrogen-bond acceptors (Lipinski definition) is 6. The highest BCUT2D eigenvalue weighted by Crippen LogP contribution is 2.23. The Morgan fingerprint density at radius 3 is 2.58 bits per heavy atom. The standard InChI is InChI=1S/C22H24N2O5S2/c1-17-7-8-20(30-17)16-23(15-19-5-3-11-29-19)22(25)18-4-2-6-21(14-18)31(26,27)24-9-12-28-13-10-24/h2-8,11,14H,9-10,12-13,15-16H2,1H3. The summed E-state index contributed by atoms with van der Waals surface area (Å²) in [6, 6.07) is 13.9. The molecule has 1 aromatic carbocycles. The Labute approximate surface area is 185 Å². The number of sulfonamides is 1. The van der Waals surface area contributed by atoms with Crippen LogP contribution in [0.3, 0.4) is 0 Å². The fourth-order valence-corrected chi connectivity index (χ4v) is 5.82. The fraction of sp³-hybridized carbons (Fsp3) is 0.318. The van der Waals surface area contributed by atoms with E-state index in [1.54, 1.807) is 40.7 Å². The van der Waals surface area contributed by atoms with E-state index in [0.717, 1.165) is 4.88 Å². The molecule has 31 heavy (non-hydrogen) atoms. The summed E-state index contributed by atoms with van der Waals surface area (Å²) in [6.45, 7) is 4.09. The largest absolute Gasteiger partial charge is 0.467 e. The van der Waals surface area contributed by atoms with Gasteiger partial charge in [0.1, 0.15) is 5.76 Å². The molecule has 2 aromatic heterocycles. The molecule has 1 aliphatic rings. The van der Waals surface area contributed by atoms with Gasteiger partial charge in [-0.3, -0.25) is 4.79 Å². The predicted octanol–water partition coefficient (Wildman–Crippen LogP) is 3.51. The third-order valence-electron chi connectivity index (χ3n) is 5.05. The maximum absolute atomic E-state index is 13.4. The van der Waals surface area contributed by atoms with Crippen molar-refractivity contribution in [1.82, 2.24) is 9.21 Å². The van der Waals surface area contributed by atoms with E-state index in [-0.39, 0.29) is 10.8 Å². The van der Waals surface area contributed by atoms with Gasteiger partial charge in [-0.1, -0.05) is 6.07 Å². The SMILES string of the molecule is Cc1ccc(CN(Cc2ccco2)C(=O)c2cccc(S(=O)(=O)N3CCOCC3)c2)s1. The van der Waals surface area contributed by atoms with Gasteiger partial charge < -0.3 is 14.1 Å². The van der Waals surface area contributed by atoms with Gasteiger partial charge in [0.2, 0.25) is 10.0 Å². The van der Waals surface area contributed by atoms with Crippen LogP contribution in [-0.2, 0) is 27.8 Å². The minimum absolute atomic E-state index is 0.116. The topological polar surface area (TPSA) is 80.1 Å². The van der Waals surface area contributed by atoms with Crippen molar-refractivity contribution < 1.29 is 22.4 Å². The van der Waals surface area contributed by atoms with Gasteiger partial charge in [-0.25, -0.2) is 8.42 Å². The average Bonchev–Trinajstić information content (AvgIpc) is 3.45. The molecule has 3 heterocycles. The zero-order valence-corrected chi connectivity index (χ0v) is 18.8. The van der Waals surface area contributed by atoms with Crippen molar-refractivity contribution in [1.29, 1.82) is 0 Å². The van der Waals surface area contributed by atoms with Gasteiger partial charge in [-0.05, 0) is 49.4 Å². The van der Waals surface area contributed by atoms with Crippen LogP contribution in [0.1, 0.15) is 25.9 Å². The monoisotopic (exact) mass is 460 g/mol. The first-order chi connectivity index (χ1) is 14.9. The van der Waals surface area contributed by atoms with Crippen molar-refractivity contribution in [3.05, 3.63) is 75.9 Å². The summed E-state index contributed by atoms with van der Waals surface area (Å²) in [5.74, 6) is 0.417. The number of benzene rings is 1. The number of furan rings is 1. The number of rotatable bonds is 7. The minimum atomic E-state index is -3.68. The Hall–Kier alpha value is -2.46. The quantitative estimate of drug-likeness (QED) is 0.539. The van der Waals surface area contributed by atoms with E-state index >= 15 is 0 Å². The van der Waals surface area contributed by atoms with E-state index in [1.165, 1.54) is 21.3 Å². The molecule has 0 saturated carbocycles. The van der Waals surface area contributed by atoms with Crippen molar-refractivity contribution in [2.24, 2.45) is 0 Å². The van der Waals surface area contributed by atoms with Gasteiger partial charge in [0.25, 0.3) is 5.91 Å². The van der Waals surface area contributed by atoms with E-state index in [4.69, 9.17) is 9.15 Å². The fourth-order valence-electron chi connectivity index (χ4n) is 3.46. The van der Waals surface area contributed by atoms with E-state index in [1.807, 2.05) is 25.1 Å². The van der Waals surface area contributed by atoms with E-state index < -0.39 is 10.0 Å². The number of nitrogens with zero attached hydrogens (tertiary/aromatic N) is 2. The van der Waals surface area contributed by atoms with Crippen molar-refractivity contribution in [3.63, 3.8) is 0 Å². The number of carbonyl (C=O) groups excluding carboxylic acids is 1. The normalized spacial score (nSPS) is 15.1. The van der Waals surface area contributed by atoms with Crippen LogP contribution >= 0.6 is 11.3 Å². The second-order valence-corrected chi connectivity index (χ2v) is 10.6. The maximum Gasteiger partial charge on any atom is 0.254 e. The first-order valence-electron chi connectivity index (χ1n) is 9.98. The number of ether oxygens (including phenoxy) is 1. The molecule has 4 rings (SSSR count). The summed E-state index contributed by atoms with van der Waals surface area (Å²) in [7, 11) is -3.68. The van der Waals surface area contributed by atoms with Gasteiger partial charge in [-0.2, -0.15) is 4.31 Å². The van der Waals surface area contributed by atoms with Gasteiger partial charge in [0, 0.05) is 28.4 Å². The van der Waals surface area contributed by atoms with Crippen LogP contribution < -0.4 is 0 Å². The second kappa shape index (κ2) is 9.35. The third kappa shape index (κ3) is 5.07. The van der Waals surface area contributed by atoms with Gasteiger partial charge in [0.05, 0.1) is 37.5 Å². The molecule has 0 unspecified atom stereocenters. The Kier molecular flexibility index (Phi) is 6.57. The molecule has 1 aliphatic heterocycles. The lowest BCUT2D eigenvalue weighted by atomic mass is 10.2. The zero-order valence-electron chi connectivity index (χ0n) is 17.2. The van der Waals surface area contributed by atoms with Gasteiger partial charge in [-0.15, -0.1) is 11.3 Å². The van der Waals surface area contributed by atoms with Crippen LogP contribution in [0.4, 0.5) is 0 Å². The lowest BCUT2D eigenvalue weighted by molar-refractivity contribution is 0.0717. The highest BCUT2D eigenvalue weighted by molar-refractivity contribution is 7.89. The van der Waals surface area contributed by atoms with E-state index in [0.29, 0.717) is 50.7 Å². The first-order valence-corrected chi connectivity index (χ1v) is 12.2. The summed E-state index contributed by atoms with van der Waals surface area (Å²) < 4.78 is 38.1. The van der Waals surface area contributed by atoms with Crippen molar-refractivity contribution in [2.75, 3.05) is 26.3 Å². The molecule has 0 N–H and O–H groups in total. The molecule has 3 aromatic rings. The summed E-state index contributed by atoms with van der Waals surface area (Å²) in [5, 5.41) is 0. The molecule has 0 spiro atoms. The molecular formula is C22H24N2O5S2. The molecule has 1 amide bonds. The highest BCUT2D eigenvalue weighted by Gasteiger charge is 2.27. The van der Waals surface area contributed by atoms with Crippen LogP contribution in [0.5, 0.6) is 0 Å². The molecule has 0 radical (unpaired) electrons. The minimum Gasteiger partial charge on any atom is -0.467 e. The van der Waals surface area contributed by atoms with Crippen molar-refractivity contribution >= 4 is 27.3 Å². The Balaban J connectivity index is 1.61. The number of carbonyl (C=O) groups is 1. The smallest absolute Gasteiger partial charge is 0.254 e. The predicted molar refractivity (Wildman–Crippen MR) is 117 cm³/mol. The molecule has 0 aliphatic carbocycles. The molecule has 164 valence electrons. The lowest BCUT2D eigenvalue weighted by Crippen LogP contribution is -2.40. The number of morpholine rings is 1. The third-order valence-corrected chi connectivity index (χ3v) is 7.93. The van der Waals surface area contributed by atoms with Crippen LogP contribution in [0.25, 0.3) is 0 Å². The molecule has 7 nitrogen and oxygen atoms in total. The first kappa shape index (κ1) is 21.8. The summed E-state index contributed by atoms with van der Waals surface area (Å²) >= 11 is 1.63. The Bertz CT molecular complexity index is 1130. The summed E-state index contributed by atoms with van der Waals surface area (Å²) in [4.78, 5) is 17.4. The Morgan fingerprint density at radius 2 is 1.90 bits per heavy atom. The zero-order chi connectivity index (χ0) is 21.8. The molecule has 1 saturated heterocycles. The molecule has 0 atom stereocenters. The average molecular weight is 461 g/mol. The molecular weight excluding hydrogens is 436 g/mol.